The van der Waals surface area contributed by atoms with Crippen LogP contribution in [0.3, 0.4) is 0 Å². The predicted octanol–water partition coefficient (Wildman–Crippen LogP) is 4.26. The molecule has 3 heterocycles. The van der Waals surface area contributed by atoms with Crippen molar-refractivity contribution in [3.05, 3.63) is 28.0 Å². The zero-order valence-electron chi connectivity index (χ0n) is 12.2. The fraction of sp³-hybridized carbons (Fsp3) is 0.611. The monoisotopic (exact) mass is 296 g/mol. The Labute approximate surface area is 129 Å². The van der Waals surface area contributed by atoms with Gasteiger partial charge in [0.05, 0.1) is 11.0 Å². The smallest absolute Gasteiger partial charge is 0.181 e. The third kappa shape index (κ3) is 1.21. The zero-order chi connectivity index (χ0) is 13.7. The van der Waals surface area contributed by atoms with E-state index in [-0.39, 0.29) is 0 Å². The van der Waals surface area contributed by atoms with E-state index < -0.39 is 0 Å². The van der Waals surface area contributed by atoms with E-state index in [2.05, 4.69) is 21.3 Å². The summed E-state index contributed by atoms with van der Waals surface area (Å²) in [7, 11) is 0. The molecular weight excluding hydrogens is 276 g/mol. The highest BCUT2D eigenvalue weighted by Gasteiger charge is 2.51. The third-order valence-corrected chi connectivity index (χ3v) is 7.31. The van der Waals surface area contributed by atoms with Crippen molar-refractivity contribution < 1.29 is 0 Å². The fourth-order valence-corrected chi connectivity index (χ4v) is 6.55. The average molecular weight is 296 g/mol. The van der Waals surface area contributed by atoms with Gasteiger partial charge in [-0.1, -0.05) is 12.1 Å². The summed E-state index contributed by atoms with van der Waals surface area (Å²) >= 11 is 5.94. The summed E-state index contributed by atoms with van der Waals surface area (Å²) in [5.74, 6) is 2.75. The lowest BCUT2D eigenvalue weighted by atomic mass is 9.78. The van der Waals surface area contributed by atoms with Crippen molar-refractivity contribution in [3.8, 4) is 0 Å². The molecule has 1 aromatic heterocycles. The molecule has 6 rings (SSSR count). The summed E-state index contributed by atoms with van der Waals surface area (Å²) in [4.78, 5) is 0. The van der Waals surface area contributed by atoms with Gasteiger partial charge in [0.2, 0.25) is 0 Å². The first-order valence-electron chi connectivity index (χ1n) is 8.58. The van der Waals surface area contributed by atoms with E-state index in [4.69, 9.17) is 12.2 Å². The van der Waals surface area contributed by atoms with Crippen molar-refractivity contribution in [2.45, 2.75) is 51.1 Å². The Morgan fingerprint density at radius 1 is 1.05 bits per heavy atom. The number of rotatable bonds is 0. The molecule has 2 aromatic rings. The lowest BCUT2D eigenvalue weighted by Gasteiger charge is -2.36. The summed E-state index contributed by atoms with van der Waals surface area (Å²) in [6, 6.07) is 5.53. The summed E-state index contributed by atoms with van der Waals surface area (Å²) < 4.78 is 6.20. The molecule has 0 amide bonds. The molecule has 4 atom stereocenters. The fourth-order valence-electron chi connectivity index (χ4n) is 6.16. The first-order valence-corrected chi connectivity index (χ1v) is 8.99. The maximum atomic E-state index is 5.94. The van der Waals surface area contributed by atoms with Gasteiger partial charge in [0.15, 0.2) is 4.77 Å². The first kappa shape index (κ1) is 11.5. The predicted molar refractivity (Wildman–Crippen MR) is 86.1 cm³/mol. The van der Waals surface area contributed by atoms with E-state index in [0.29, 0.717) is 0 Å². The molecule has 3 heteroatoms. The Kier molecular flexibility index (Phi) is 1.98. The minimum atomic E-state index is 0.723. The van der Waals surface area contributed by atoms with Gasteiger partial charge >= 0.3 is 0 Å². The standard InChI is InChI=1S/C18H20N2S/c21-18-19-7-1-2-10-3-5-13-9-14-11-4-6-12(8-11)15(14)20(18)17(13)16(10)19/h3,5,11-12,14-15H,1-2,4,6-9H2/t11-,12+,14-,15+/m1/s1. The molecule has 2 bridgehead atoms. The summed E-state index contributed by atoms with van der Waals surface area (Å²) in [5.41, 5.74) is 6.12. The minimum absolute atomic E-state index is 0.723. The molecule has 21 heavy (non-hydrogen) atoms. The molecule has 0 saturated heterocycles. The highest BCUT2D eigenvalue weighted by molar-refractivity contribution is 7.71. The van der Waals surface area contributed by atoms with E-state index in [0.717, 1.165) is 35.1 Å². The maximum Gasteiger partial charge on any atom is 0.181 e. The van der Waals surface area contributed by atoms with E-state index in [1.165, 1.54) is 55.1 Å². The number of aromatic nitrogens is 2. The lowest BCUT2D eigenvalue weighted by molar-refractivity contribution is 0.215. The average Bonchev–Trinajstić information content (AvgIpc) is 3.19. The van der Waals surface area contributed by atoms with E-state index in [1.54, 1.807) is 5.56 Å². The molecule has 2 saturated carbocycles. The number of hydrogen-bond acceptors (Lipinski definition) is 1. The Morgan fingerprint density at radius 3 is 2.86 bits per heavy atom. The van der Waals surface area contributed by atoms with Crippen LogP contribution in [0, 0.1) is 22.5 Å². The van der Waals surface area contributed by atoms with E-state index >= 15 is 0 Å². The largest absolute Gasteiger partial charge is 0.316 e. The normalized spacial score (nSPS) is 35.4. The van der Waals surface area contributed by atoms with Crippen molar-refractivity contribution in [2.75, 3.05) is 0 Å². The molecule has 2 aliphatic heterocycles. The van der Waals surface area contributed by atoms with Crippen LogP contribution in [-0.4, -0.2) is 9.13 Å². The van der Waals surface area contributed by atoms with Crippen LogP contribution in [0.15, 0.2) is 12.1 Å². The van der Waals surface area contributed by atoms with Crippen LogP contribution in [0.1, 0.15) is 42.9 Å². The highest BCUT2D eigenvalue weighted by Crippen LogP contribution is 2.58. The Hall–Kier alpha value is -1.09. The lowest BCUT2D eigenvalue weighted by Crippen LogP contribution is -2.31. The Balaban J connectivity index is 1.75. The van der Waals surface area contributed by atoms with Crippen molar-refractivity contribution in [1.82, 2.24) is 9.13 Å². The van der Waals surface area contributed by atoms with Crippen LogP contribution < -0.4 is 0 Å². The molecule has 108 valence electrons. The van der Waals surface area contributed by atoms with Gasteiger partial charge in [-0.25, -0.2) is 0 Å². The quantitative estimate of drug-likeness (QED) is 0.660. The highest BCUT2D eigenvalue weighted by atomic mass is 32.1. The van der Waals surface area contributed by atoms with Crippen molar-refractivity contribution >= 4 is 23.3 Å². The second kappa shape index (κ2) is 3.62. The van der Waals surface area contributed by atoms with Gasteiger partial charge in [-0.15, -0.1) is 0 Å². The topological polar surface area (TPSA) is 9.86 Å². The number of hydrogen-bond donors (Lipinski definition) is 0. The molecule has 0 spiro atoms. The van der Waals surface area contributed by atoms with Gasteiger partial charge in [0.25, 0.3) is 0 Å². The maximum absolute atomic E-state index is 5.94. The molecule has 1 aromatic carbocycles. The third-order valence-electron chi connectivity index (χ3n) is 6.89. The second-order valence-electron chi connectivity index (χ2n) is 7.68. The SMILES string of the molecule is S=c1n2c3c(ccc4c3n1[C@H]1[C@H]3CC[C@H](C3)[C@H]1C4)CCC2. The molecule has 2 nitrogen and oxygen atoms in total. The summed E-state index contributed by atoms with van der Waals surface area (Å²) in [5, 5.41) is 0. The number of aryl methyl sites for hydroxylation is 2. The molecule has 4 aliphatic rings. The molecule has 0 radical (unpaired) electrons. The number of nitrogens with zero attached hydrogens (tertiary/aromatic N) is 2. The number of fused-ring (bicyclic) bond motifs is 6. The summed E-state index contributed by atoms with van der Waals surface area (Å²) in [6.45, 7) is 1.13. The Morgan fingerprint density at radius 2 is 1.90 bits per heavy atom. The van der Waals surface area contributed by atoms with Crippen LogP contribution in [0.4, 0.5) is 0 Å². The number of benzene rings is 1. The first-order chi connectivity index (χ1) is 10.3. The van der Waals surface area contributed by atoms with Crippen LogP contribution in [0.25, 0.3) is 11.0 Å². The van der Waals surface area contributed by atoms with Gasteiger partial charge in [0.1, 0.15) is 0 Å². The van der Waals surface area contributed by atoms with Crippen molar-refractivity contribution in [2.24, 2.45) is 17.8 Å². The van der Waals surface area contributed by atoms with Gasteiger partial charge in [-0.2, -0.15) is 0 Å². The Bertz CT molecular complexity index is 843. The van der Waals surface area contributed by atoms with Gasteiger partial charge in [-0.3, -0.25) is 0 Å². The van der Waals surface area contributed by atoms with Gasteiger partial charge in [-0.05, 0) is 79.6 Å². The molecule has 2 aliphatic carbocycles. The van der Waals surface area contributed by atoms with Crippen LogP contribution in [0.2, 0.25) is 0 Å². The summed E-state index contributed by atoms with van der Waals surface area (Å²) in [6.07, 6.45) is 8.16. The second-order valence-corrected chi connectivity index (χ2v) is 8.05. The van der Waals surface area contributed by atoms with E-state index in [9.17, 15) is 0 Å². The van der Waals surface area contributed by atoms with Crippen molar-refractivity contribution in [1.29, 1.82) is 0 Å². The zero-order valence-corrected chi connectivity index (χ0v) is 13.0. The number of imidazole rings is 1. The molecule has 2 fully saturated rings. The molecule has 0 N–H and O–H groups in total. The molecule has 0 unspecified atom stereocenters. The van der Waals surface area contributed by atoms with Gasteiger partial charge < -0.3 is 9.13 Å². The van der Waals surface area contributed by atoms with Crippen LogP contribution in [0.5, 0.6) is 0 Å². The van der Waals surface area contributed by atoms with Crippen LogP contribution in [-0.2, 0) is 19.4 Å². The minimum Gasteiger partial charge on any atom is -0.316 e. The van der Waals surface area contributed by atoms with Gasteiger partial charge in [0, 0.05) is 12.6 Å². The van der Waals surface area contributed by atoms with E-state index in [1.807, 2.05) is 0 Å². The van der Waals surface area contributed by atoms with Crippen molar-refractivity contribution in [3.63, 3.8) is 0 Å². The van der Waals surface area contributed by atoms with Crippen LogP contribution >= 0.6 is 12.2 Å². The molecular formula is C18H20N2S.